The molecule has 3 aromatic carbocycles. The number of piperazine rings is 1. The number of carbonyl (C=O) groups is 2. The van der Waals surface area contributed by atoms with Crippen molar-refractivity contribution in [2.45, 2.75) is 18.9 Å². The molecule has 1 aromatic heterocycles. The Morgan fingerprint density at radius 3 is 2.21 bits per heavy atom. The van der Waals surface area contributed by atoms with Crippen molar-refractivity contribution in [3.05, 3.63) is 112 Å². The third-order valence-electron chi connectivity index (χ3n) is 9.61. The Balaban J connectivity index is 1.18. The lowest BCUT2D eigenvalue weighted by molar-refractivity contribution is 0.0746. The topological polar surface area (TPSA) is 96.3 Å². The number of nitrogens with one attached hydrogen (secondary N) is 1. The van der Waals surface area contributed by atoms with Gasteiger partial charge in [-0.2, -0.15) is 0 Å². The molecule has 1 N–H and O–H groups in total. The number of para-hydroxylation sites is 1. The largest absolute Gasteiger partial charge is 0.497 e. The second-order valence-corrected chi connectivity index (χ2v) is 12.5. The van der Waals surface area contributed by atoms with Gasteiger partial charge in [0.05, 0.1) is 25.6 Å². The van der Waals surface area contributed by atoms with Crippen LogP contribution >= 0.6 is 0 Å². The maximum atomic E-state index is 13.8. The molecule has 0 aliphatic carbocycles. The van der Waals surface area contributed by atoms with Crippen molar-refractivity contribution in [1.82, 2.24) is 9.47 Å². The van der Waals surface area contributed by atoms with Gasteiger partial charge in [-0.3, -0.25) is 14.4 Å². The quantitative estimate of drug-likeness (QED) is 0.315. The van der Waals surface area contributed by atoms with E-state index in [1.807, 2.05) is 51.9 Å². The summed E-state index contributed by atoms with van der Waals surface area (Å²) < 4.78 is 12.7. The van der Waals surface area contributed by atoms with E-state index in [-0.39, 0.29) is 29.2 Å². The van der Waals surface area contributed by atoms with Crippen molar-refractivity contribution < 1.29 is 19.1 Å². The molecule has 0 spiro atoms. The van der Waals surface area contributed by atoms with Gasteiger partial charge in [0.1, 0.15) is 11.5 Å². The van der Waals surface area contributed by atoms with Crippen LogP contribution in [0.15, 0.2) is 89.7 Å². The van der Waals surface area contributed by atoms with Gasteiger partial charge in [-0.1, -0.05) is 24.3 Å². The number of carbonyl (C=O) groups excluding carboxylic acids is 2. The Labute approximate surface area is 274 Å². The molecule has 4 aromatic rings. The highest BCUT2D eigenvalue weighted by Gasteiger charge is 2.35. The first kappa shape index (κ1) is 30.4. The van der Waals surface area contributed by atoms with Crippen LogP contribution in [0.2, 0.25) is 0 Å². The van der Waals surface area contributed by atoms with Crippen LogP contribution in [0.4, 0.5) is 17.1 Å². The van der Waals surface area contributed by atoms with E-state index in [1.54, 1.807) is 44.6 Å². The molecule has 4 heterocycles. The molecule has 2 bridgehead atoms. The average molecular weight is 634 g/mol. The molecule has 2 saturated heterocycles. The molecule has 3 aliphatic rings. The van der Waals surface area contributed by atoms with Gasteiger partial charge in [-0.25, -0.2) is 0 Å². The number of hydrogen-bond acceptors (Lipinski definition) is 7. The van der Waals surface area contributed by atoms with Crippen LogP contribution in [0, 0.1) is 5.92 Å². The number of methoxy groups -OCH3 is 2. The van der Waals surface area contributed by atoms with E-state index < -0.39 is 0 Å². The predicted molar refractivity (Wildman–Crippen MR) is 182 cm³/mol. The molecule has 3 aliphatic heterocycles. The number of anilines is 3. The lowest BCUT2D eigenvalue weighted by atomic mass is 9.83. The van der Waals surface area contributed by atoms with Crippen LogP contribution in [-0.4, -0.2) is 74.8 Å². The molecule has 47 heavy (non-hydrogen) atoms. The SMILES string of the molecule is COc1cc(OC)cc(C(=O)Nc2cc(C(=O)N3CCN(c4ccccc4)CC3)ccc2N2CC3CC(C2)c2cccc(=O)n2C3)c1. The Bertz CT molecular complexity index is 1830. The second-order valence-electron chi connectivity index (χ2n) is 12.5. The highest BCUT2D eigenvalue weighted by molar-refractivity contribution is 6.07. The third kappa shape index (κ3) is 6.15. The molecule has 2 amide bonds. The minimum atomic E-state index is -0.335. The van der Waals surface area contributed by atoms with Crippen molar-refractivity contribution in [3.8, 4) is 11.5 Å². The molecule has 10 heteroatoms. The smallest absolute Gasteiger partial charge is 0.255 e. The summed E-state index contributed by atoms with van der Waals surface area (Å²) in [5.41, 5.74) is 4.56. The van der Waals surface area contributed by atoms with E-state index in [4.69, 9.17) is 9.47 Å². The highest BCUT2D eigenvalue weighted by atomic mass is 16.5. The Morgan fingerprint density at radius 1 is 0.745 bits per heavy atom. The van der Waals surface area contributed by atoms with E-state index in [0.29, 0.717) is 54.5 Å². The summed E-state index contributed by atoms with van der Waals surface area (Å²) in [5.74, 6) is 1.09. The van der Waals surface area contributed by atoms with Crippen LogP contribution in [0.25, 0.3) is 0 Å². The van der Waals surface area contributed by atoms with Gasteiger partial charge >= 0.3 is 0 Å². The number of nitrogens with zero attached hydrogens (tertiary/aromatic N) is 4. The normalized spacial score (nSPS) is 18.7. The zero-order chi connectivity index (χ0) is 32.5. The zero-order valence-corrected chi connectivity index (χ0v) is 26.7. The molecule has 2 atom stereocenters. The van der Waals surface area contributed by atoms with Crippen molar-refractivity contribution in [2.75, 3.05) is 68.6 Å². The fourth-order valence-corrected chi connectivity index (χ4v) is 7.26. The standard InChI is InChI=1S/C37H39N5O5/c1-46-30-18-27(19-31(21-30)47-2)36(44)38-32-20-26(37(45)40-15-13-39(14-16-40)29-7-4-3-5-8-29)11-12-34(32)41-22-25-17-28(24-41)33-9-6-10-35(43)42(33)23-25/h3-12,18-21,25,28H,13-17,22-24H2,1-2H3,(H,38,44). The summed E-state index contributed by atoms with van der Waals surface area (Å²) in [6.07, 6.45) is 1.01. The Kier molecular flexibility index (Phi) is 8.32. The maximum Gasteiger partial charge on any atom is 0.255 e. The molecular formula is C37H39N5O5. The lowest BCUT2D eigenvalue weighted by Crippen LogP contribution is -2.49. The second kappa shape index (κ2) is 12.9. The average Bonchev–Trinajstić information content (AvgIpc) is 3.12. The van der Waals surface area contributed by atoms with Crippen LogP contribution in [0.5, 0.6) is 11.5 Å². The van der Waals surface area contributed by atoms with E-state index >= 15 is 0 Å². The molecule has 7 rings (SSSR count). The van der Waals surface area contributed by atoms with Crippen LogP contribution in [0.1, 0.15) is 38.7 Å². The number of aromatic nitrogens is 1. The first-order chi connectivity index (χ1) is 22.9. The van der Waals surface area contributed by atoms with Gasteiger partial charge in [-0.15, -0.1) is 0 Å². The van der Waals surface area contributed by atoms with Crippen LogP contribution in [0.3, 0.4) is 0 Å². The summed E-state index contributed by atoms with van der Waals surface area (Å²) in [6.45, 7) is 4.81. The fraction of sp³-hybridized carbons (Fsp3) is 0.324. The molecule has 10 nitrogen and oxygen atoms in total. The van der Waals surface area contributed by atoms with E-state index in [9.17, 15) is 14.4 Å². The molecule has 2 unspecified atom stereocenters. The first-order valence-corrected chi connectivity index (χ1v) is 16.1. The maximum absolute atomic E-state index is 13.8. The monoisotopic (exact) mass is 633 g/mol. The number of pyridine rings is 1. The van der Waals surface area contributed by atoms with Gasteiger partial charge in [-0.05, 0) is 60.9 Å². The molecule has 242 valence electrons. The fourth-order valence-electron chi connectivity index (χ4n) is 7.26. The number of rotatable bonds is 7. The van der Waals surface area contributed by atoms with Crippen molar-refractivity contribution in [2.24, 2.45) is 5.92 Å². The zero-order valence-electron chi connectivity index (χ0n) is 26.7. The van der Waals surface area contributed by atoms with Crippen molar-refractivity contribution >= 4 is 28.9 Å². The number of hydrogen-bond donors (Lipinski definition) is 1. The first-order valence-electron chi connectivity index (χ1n) is 16.1. The molecule has 0 saturated carbocycles. The summed E-state index contributed by atoms with van der Waals surface area (Å²) in [5, 5.41) is 3.12. The lowest BCUT2D eigenvalue weighted by Gasteiger charge is -2.44. The van der Waals surface area contributed by atoms with Gasteiger partial charge < -0.3 is 34.1 Å². The van der Waals surface area contributed by atoms with Gasteiger partial charge in [0.25, 0.3) is 17.4 Å². The minimum Gasteiger partial charge on any atom is -0.497 e. The number of piperidine rings is 1. The van der Waals surface area contributed by atoms with E-state index in [2.05, 4.69) is 27.2 Å². The van der Waals surface area contributed by atoms with Gasteiger partial charge in [0.2, 0.25) is 0 Å². The third-order valence-corrected chi connectivity index (χ3v) is 9.61. The molecular weight excluding hydrogens is 594 g/mol. The molecule has 0 radical (unpaired) electrons. The predicted octanol–water partition coefficient (Wildman–Crippen LogP) is 4.70. The number of benzene rings is 3. The minimum absolute atomic E-state index is 0.0415. The molecule has 2 fully saturated rings. The van der Waals surface area contributed by atoms with Crippen molar-refractivity contribution in [1.29, 1.82) is 0 Å². The van der Waals surface area contributed by atoms with Gasteiger partial charge in [0, 0.05) is 86.4 Å². The highest BCUT2D eigenvalue weighted by Crippen LogP contribution is 2.39. The summed E-state index contributed by atoms with van der Waals surface area (Å²) in [7, 11) is 3.09. The van der Waals surface area contributed by atoms with Crippen molar-refractivity contribution in [3.63, 3.8) is 0 Å². The van der Waals surface area contributed by atoms with E-state index in [1.165, 1.54) is 0 Å². The number of ether oxygens (including phenoxy) is 2. The Morgan fingerprint density at radius 2 is 1.49 bits per heavy atom. The Hall–Kier alpha value is -5.25. The summed E-state index contributed by atoms with van der Waals surface area (Å²) >= 11 is 0. The van der Waals surface area contributed by atoms with Crippen LogP contribution < -0.4 is 30.1 Å². The van der Waals surface area contributed by atoms with Crippen LogP contribution in [-0.2, 0) is 6.54 Å². The summed E-state index contributed by atoms with van der Waals surface area (Å²) in [6, 6.07) is 26.4. The number of fused-ring (bicyclic) bond motifs is 4. The van der Waals surface area contributed by atoms with Gasteiger partial charge in [0.15, 0.2) is 0 Å². The van der Waals surface area contributed by atoms with E-state index in [0.717, 1.165) is 43.1 Å². The summed E-state index contributed by atoms with van der Waals surface area (Å²) in [4.78, 5) is 46.7. The number of amides is 2.